The van der Waals surface area contributed by atoms with E-state index in [1.54, 1.807) is 4.90 Å². The Balaban J connectivity index is 1.77. The molecule has 110 valence electrons. The lowest BCUT2D eigenvalue weighted by Gasteiger charge is -2.35. The van der Waals surface area contributed by atoms with E-state index in [0.717, 1.165) is 17.0 Å². The van der Waals surface area contributed by atoms with Crippen molar-refractivity contribution in [3.8, 4) is 0 Å². The van der Waals surface area contributed by atoms with Crippen molar-refractivity contribution in [1.29, 1.82) is 0 Å². The van der Waals surface area contributed by atoms with Crippen LogP contribution in [0.15, 0.2) is 30.3 Å². The van der Waals surface area contributed by atoms with E-state index in [4.69, 9.17) is 0 Å². The van der Waals surface area contributed by atoms with E-state index < -0.39 is 0 Å². The standard InChI is InChI=1S/C16H19N3O2/c1-11-6-12(2)19(17-11)8-13-4-3-5-14(7-13)16(21)18-9-15(20)10-18/h3-7,15,20H,8-10H2,1-2H3. The van der Waals surface area contributed by atoms with Crippen LogP contribution in [0.25, 0.3) is 0 Å². The lowest BCUT2D eigenvalue weighted by molar-refractivity contribution is 0.00589. The van der Waals surface area contributed by atoms with Crippen molar-refractivity contribution in [2.75, 3.05) is 13.1 Å². The Bertz CT molecular complexity index is 672. The maximum absolute atomic E-state index is 12.2. The summed E-state index contributed by atoms with van der Waals surface area (Å²) in [4.78, 5) is 13.9. The molecule has 0 saturated carbocycles. The summed E-state index contributed by atoms with van der Waals surface area (Å²) in [5.74, 6) is -0.0180. The van der Waals surface area contributed by atoms with Crippen molar-refractivity contribution in [2.45, 2.75) is 26.5 Å². The fraction of sp³-hybridized carbons (Fsp3) is 0.375. The van der Waals surface area contributed by atoms with E-state index in [1.807, 2.05) is 48.9 Å². The predicted molar refractivity (Wildman–Crippen MR) is 79.2 cm³/mol. The maximum atomic E-state index is 12.2. The van der Waals surface area contributed by atoms with Gasteiger partial charge in [0.15, 0.2) is 0 Å². The summed E-state index contributed by atoms with van der Waals surface area (Å²) in [5, 5.41) is 13.7. The van der Waals surface area contributed by atoms with Crippen molar-refractivity contribution in [2.24, 2.45) is 0 Å². The van der Waals surface area contributed by atoms with E-state index in [9.17, 15) is 9.90 Å². The molecule has 5 nitrogen and oxygen atoms in total. The van der Waals surface area contributed by atoms with Crippen LogP contribution < -0.4 is 0 Å². The minimum absolute atomic E-state index is 0.0180. The van der Waals surface area contributed by atoms with Crippen LogP contribution >= 0.6 is 0 Å². The molecule has 0 spiro atoms. The molecule has 1 aromatic heterocycles. The van der Waals surface area contributed by atoms with Gasteiger partial charge in [-0.25, -0.2) is 0 Å². The Kier molecular flexibility index (Phi) is 3.51. The smallest absolute Gasteiger partial charge is 0.254 e. The van der Waals surface area contributed by atoms with Crippen LogP contribution in [0.4, 0.5) is 0 Å². The summed E-state index contributed by atoms with van der Waals surface area (Å²) in [7, 11) is 0. The van der Waals surface area contributed by atoms with E-state index in [2.05, 4.69) is 5.10 Å². The Morgan fingerprint density at radius 3 is 2.71 bits per heavy atom. The van der Waals surface area contributed by atoms with Crippen molar-refractivity contribution in [1.82, 2.24) is 14.7 Å². The minimum Gasteiger partial charge on any atom is -0.389 e. The molecule has 0 radical (unpaired) electrons. The lowest BCUT2D eigenvalue weighted by Crippen LogP contribution is -2.53. The van der Waals surface area contributed by atoms with Gasteiger partial charge in [-0.1, -0.05) is 12.1 Å². The van der Waals surface area contributed by atoms with Gasteiger partial charge in [-0.3, -0.25) is 9.48 Å². The van der Waals surface area contributed by atoms with Crippen LogP contribution in [0, 0.1) is 13.8 Å². The zero-order valence-corrected chi connectivity index (χ0v) is 12.3. The van der Waals surface area contributed by atoms with Gasteiger partial charge in [0.1, 0.15) is 0 Å². The van der Waals surface area contributed by atoms with E-state index in [-0.39, 0.29) is 12.0 Å². The maximum Gasteiger partial charge on any atom is 0.254 e. The lowest BCUT2D eigenvalue weighted by atomic mass is 10.1. The minimum atomic E-state index is -0.369. The summed E-state index contributed by atoms with van der Waals surface area (Å²) in [5.41, 5.74) is 3.82. The average Bonchev–Trinajstić information content (AvgIpc) is 2.73. The van der Waals surface area contributed by atoms with Crippen LogP contribution in [0.1, 0.15) is 27.3 Å². The molecule has 1 fully saturated rings. The fourth-order valence-electron chi connectivity index (χ4n) is 2.61. The first kappa shape index (κ1) is 13.8. The van der Waals surface area contributed by atoms with E-state index in [0.29, 0.717) is 25.2 Å². The molecule has 0 aliphatic carbocycles. The van der Waals surface area contributed by atoms with Crippen LogP contribution in [-0.2, 0) is 6.54 Å². The number of aromatic nitrogens is 2. The normalized spacial score (nSPS) is 15.1. The van der Waals surface area contributed by atoms with Crippen molar-refractivity contribution in [3.63, 3.8) is 0 Å². The zero-order chi connectivity index (χ0) is 15.0. The number of rotatable bonds is 3. The Morgan fingerprint density at radius 1 is 1.33 bits per heavy atom. The number of carbonyl (C=O) groups excluding carboxylic acids is 1. The summed E-state index contributed by atoms with van der Waals surface area (Å²) < 4.78 is 1.94. The van der Waals surface area contributed by atoms with Crippen LogP contribution in [0.5, 0.6) is 0 Å². The zero-order valence-electron chi connectivity index (χ0n) is 12.3. The highest BCUT2D eigenvalue weighted by Gasteiger charge is 2.29. The number of nitrogens with zero attached hydrogens (tertiary/aromatic N) is 3. The predicted octanol–water partition coefficient (Wildman–Crippen LogP) is 1.36. The molecule has 2 heterocycles. The van der Waals surface area contributed by atoms with Crippen LogP contribution in [-0.4, -0.2) is 44.9 Å². The largest absolute Gasteiger partial charge is 0.389 e. The molecule has 21 heavy (non-hydrogen) atoms. The molecule has 2 aromatic rings. The van der Waals surface area contributed by atoms with Crippen LogP contribution in [0.3, 0.4) is 0 Å². The van der Waals surface area contributed by atoms with Gasteiger partial charge in [0.05, 0.1) is 18.3 Å². The Hall–Kier alpha value is -2.14. The first-order chi connectivity index (χ1) is 10.0. The number of amides is 1. The quantitative estimate of drug-likeness (QED) is 0.926. The molecule has 1 aliphatic rings. The molecule has 1 amide bonds. The first-order valence-corrected chi connectivity index (χ1v) is 7.10. The number of carbonyl (C=O) groups is 1. The number of likely N-dealkylation sites (tertiary alicyclic amines) is 1. The summed E-state index contributed by atoms with van der Waals surface area (Å²) in [6, 6.07) is 9.65. The highest BCUT2D eigenvalue weighted by atomic mass is 16.3. The molecular formula is C16H19N3O2. The molecule has 1 saturated heterocycles. The Labute approximate surface area is 123 Å². The fourth-order valence-corrected chi connectivity index (χ4v) is 2.61. The molecule has 5 heteroatoms. The highest BCUT2D eigenvalue weighted by Crippen LogP contribution is 2.15. The number of benzene rings is 1. The number of aliphatic hydroxyl groups is 1. The molecule has 0 atom stereocenters. The van der Waals surface area contributed by atoms with Gasteiger partial charge in [0, 0.05) is 24.3 Å². The van der Waals surface area contributed by atoms with Gasteiger partial charge in [-0.15, -0.1) is 0 Å². The highest BCUT2D eigenvalue weighted by molar-refractivity contribution is 5.95. The molecule has 1 aliphatic heterocycles. The summed E-state index contributed by atoms with van der Waals surface area (Å²) in [6.07, 6.45) is -0.369. The molecule has 1 aromatic carbocycles. The number of hydrogen-bond donors (Lipinski definition) is 1. The van der Waals surface area contributed by atoms with Crippen molar-refractivity contribution in [3.05, 3.63) is 52.8 Å². The van der Waals surface area contributed by atoms with Gasteiger partial charge in [0.2, 0.25) is 0 Å². The van der Waals surface area contributed by atoms with E-state index >= 15 is 0 Å². The van der Waals surface area contributed by atoms with Gasteiger partial charge in [0.25, 0.3) is 5.91 Å². The number of hydrogen-bond acceptors (Lipinski definition) is 3. The number of aryl methyl sites for hydroxylation is 2. The second-order valence-electron chi connectivity index (χ2n) is 5.65. The van der Waals surface area contributed by atoms with Crippen molar-refractivity contribution >= 4 is 5.91 Å². The third kappa shape index (κ3) is 2.83. The third-order valence-electron chi connectivity index (χ3n) is 3.76. The van der Waals surface area contributed by atoms with Gasteiger partial charge in [-0.05, 0) is 37.6 Å². The Morgan fingerprint density at radius 2 is 2.10 bits per heavy atom. The molecular weight excluding hydrogens is 266 g/mol. The monoisotopic (exact) mass is 285 g/mol. The SMILES string of the molecule is Cc1cc(C)n(Cc2cccc(C(=O)N3CC(O)C3)c2)n1. The summed E-state index contributed by atoms with van der Waals surface area (Å²) >= 11 is 0. The van der Waals surface area contributed by atoms with Gasteiger partial charge < -0.3 is 10.0 Å². The molecule has 0 bridgehead atoms. The second-order valence-corrected chi connectivity index (χ2v) is 5.65. The molecule has 1 N–H and O–H groups in total. The van der Waals surface area contributed by atoms with Crippen LogP contribution in [0.2, 0.25) is 0 Å². The molecule has 0 unspecified atom stereocenters. The third-order valence-corrected chi connectivity index (χ3v) is 3.76. The summed E-state index contributed by atoms with van der Waals surface area (Å²) in [6.45, 7) is 5.51. The van der Waals surface area contributed by atoms with Crippen molar-refractivity contribution < 1.29 is 9.90 Å². The average molecular weight is 285 g/mol. The van der Waals surface area contributed by atoms with E-state index in [1.165, 1.54) is 0 Å². The molecule has 3 rings (SSSR count). The van der Waals surface area contributed by atoms with Gasteiger partial charge >= 0.3 is 0 Å². The topological polar surface area (TPSA) is 58.4 Å². The number of aliphatic hydroxyl groups excluding tert-OH is 1. The first-order valence-electron chi connectivity index (χ1n) is 7.10. The van der Waals surface area contributed by atoms with Gasteiger partial charge in [-0.2, -0.15) is 5.10 Å². The number of β-amino-alcohol motifs (C(OH)–C–C–N with tert-alkyl or cyclic N) is 1. The second kappa shape index (κ2) is 5.33.